The van der Waals surface area contributed by atoms with Gasteiger partial charge in [-0.25, -0.2) is 0 Å². The predicted octanol–water partition coefficient (Wildman–Crippen LogP) is 3.59. The number of pyridine rings is 1. The Hall–Kier alpha value is -1.14. The smallest absolute Gasteiger partial charge is 0.256 e. The highest BCUT2D eigenvalue weighted by molar-refractivity contribution is 14.1. The third-order valence-electron chi connectivity index (χ3n) is 2.13. The summed E-state index contributed by atoms with van der Waals surface area (Å²) < 4.78 is 0.891. The minimum atomic E-state index is -0.190. The molecule has 0 unspecified atom stereocenters. The second-order valence-electron chi connectivity index (χ2n) is 3.29. The molecule has 0 fully saturated rings. The summed E-state index contributed by atoms with van der Waals surface area (Å²) in [6, 6.07) is 8.98. The zero-order chi connectivity index (χ0) is 12.3. The van der Waals surface area contributed by atoms with Crippen molar-refractivity contribution in [1.29, 1.82) is 0 Å². The van der Waals surface area contributed by atoms with Crippen LogP contribution in [0.4, 0.5) is 5.69 Å². The zero-order valence-electron chi connectivity index (χ0n) is 8.65. The molecule has 2 rings (SSSR count). The number of nitrogens with zero attached hydrogens (tertiary/aromatic N) is 1. The summed E-state index contributed by atoms with van der Waals surface area (Å²) in [4.78, 5) is 15.9. The van der Waals surface area contributed by atoms with Crippen molar-refractivity contribution in [3.05, 3.63) is 56.9 Å². The SMILES string of the molecule is O=C(Nc1cnccc1Cl)c1ccccc1I. The lowest BCUT2D eigenvalue weighted by Crippen LogP contribution is -2.13. The zero-order valence-corrected chi connectivity index (χ0v) is 11.6. The molecule has 2 aromatic rings. The Balaban J connectivity index is 2.24. The molecule has 0 aliphatic heterocycles. The maximum absolute atomic E-state index is 12.0. The van der Waals surface area contributed by atoms with Gasteiger partial charge in [-0.1, -0.05) is 23.7 Å². The number of aromatic nitrogens is 1. The summed E-state index contributed by atoms with van der Waals surface area (Å²) in [5.74, 6) is -0.190. The average Bonchev–Trinajstić information content (AvgIpc) is 2.32. The molecule has 0 aliphatic carbocycles. The predicted molar refractivity (Wildman–Crippen MR) is 76.4 cm³/mol. The van der Waals surface area contributed by atoms with Gasteiger partial charge in [-0.3, -0.25) is 9.78 Å². The maximum Gasteiger partial charge on any atom is 0.256 e. The van der Waals surface area contributed by atoms with Crippen LogP contribution in [-0.4, -0.2) is 10.9 Å². The quantitative estimate of drug-likeness (QED) is 0.834. The van der Waals surface area contributed by atoms with Crippen LogP contribution in [0.3, 0.4) is 0 Å². The second kappa shape index (κ2) is 5.46. The van der Waals surface area contributed by atoms with Crippen molar-refractivity contribution in [2.45, 2.75) is 0 Å². The Morgan fingerprint density at radius 1 is 1.29 bits per heavy atom. The van der Waals surface area contributed by atoms with Crippen LogP contribution in [0.5, 0.6) is 0 Å². The van der Waals surface area contributed by atoms with E-state index in [0.717, 1.165) is 3.57 Å². The lowest BCUT2D eigenvalue weighted by Gasteiger charge is -2.07. The van der Waals surface area contributed by atoms with Crippen LogP contribution < -0.4 is 5.32 Å². The first-order valence-electron chi connectivity index (χ1n) is 4.84. The van der Waals surface area contributed by atoms with Crippen LogP contribution in [0.2, 0.25) is 5.02 Å². The topological polar surface area (TPSA) is 42.0 Å². The third-order valence-corrected chi connectivity index (χ3v) is 3.40. The fraction of sp³-hybridized carbons (Fsp3) is 0. The molecule has 0 aliphatic rings. The minimum absolute atomic E-state index is 0.190. The molecule has 0 saturated carbocycles. The molecule has 0 atom stereocenters. The van der Waals surface area contributed by atoms with E-state index >= 15 is 0 Å². The Labute approximate surface area is 117 Å². The van der Waals surface area contributed by atoms with Gasteiger partial charge in [-0.15, -0.1) is 0 Å². The van der Waals surface area contributed by atoms with E-state index in [2.05, 4.69) is 32.9 Å². The number of rotatable bonds is 2. The lowest BCUT2D eigenvalue weighted by atomic mass is 10.2. The summed E-state index contributed by atoms with van der Waals surface area (Å²) >= 11 is 8.06. The molecule has 1 N–H and O–H groups in total. The number of hydrogen-bond donors (Lipinski definition) is 1. The number of benzene rings is 1. The number of halogens is 2. The van der Waals surface area contributed by atoms with Crippen molar-refractivity contribution in [1.82, 2.24) is 4.98 Å². The molecular weight excluding hydrogens is 351 g/mol. The largest absolute Gasteiger partial charge is 0.319 e. The molecular formula is C12H8ClIN2O. The molecule has 1 heterocycles. The summed E-state index contributed by atoms with van der Waals surface area (Å²) in [5, 5.41) is 3.20. The van der Waals surface area contributed by atoms with E-state index in [-0.39, 0.29) is 5.91 Å². The highest BCUT2D eigenvalue weighted by Gasteiger charge is 2.10. The molecule has 5 heteroatoms. The van der Waals surface area contributed by atoms with Crippen LogP contribution in [0, 0.1) is 3.57 Å². The summed E-state index contributed by atoms with van der Waals surface area (Å²) in [6.07, 6.45) is 3.10. The number of carbonyl (C=O) groups excluding carboxylic acids is 1. The molecule has 0 radical (unpaired) electrons. The van der Waals surface area contributed by atoms with E-state index in [1.54, 1.807) is 18.3 Å². The summed E-state index contributed by atoms with van der Waals surface area (Å²) in [7, 11) is 0. The summed E-state index contributed by atoms with van der Waals surface area (Å²) in [5.41, 5.74) is 1.13. The van der Waals surface area contributed by atoms with Crippen molar-refractivity contribution in [3.63, 3.8) is 0 Å². The molecule has 17 heavy (non-hydrogen) atoms. The molecule has 1 aromatic heterocycles. The Bertz CT molecular complexity index is 560. The first-order chi connectivity index (χ1) is 8.18. The third kappa shape index (κ3) is 2.95. The minimum Gasteiger partial charge on any atom is -0.319 e. The van der Waals surface area contributed by atoms with Crippen LogP contribution in [0.1, 0.15) is 10.4 Å². The van der Waals surface area contributed by atoms with Gasteiger partial charge in [0.15, 0.2) is 0 Å². The normalized spacial score (nSPS) is 10.0. The molecule has 0 bridgehead atoms. The molecule has 3 nitrogen and oxygen atoms in total. The second-order valence-corrected chi connectivity index (χ2v) is 4.86. The number of amides is 1. The van der Waals surface area contributed by atoms with Crippen LogP contribution in [0.25, 0.3) is 0 Å². The lowest BCUT2D eigenvalue weighted by molar-refractivity contribution is 0.102. The van der Waals surface area contributed by atoms with Gasteiger partial charge in [-0.05, 0) is 40.8 Å². The molecule has 1 aromatic carbocycles. The van der Waals surface area contributed by atoms with Crippen molar-refractivity contribution in [2.24, 2.45) is 0 Å². The number of hydrogen-bond acceptors (Lipinski definition) is 2. The van der Waals surface area contributed by atoms with E-state index in [0.29, 0.717) is 16.3 Å². The van der Waals surface area contributed by atoms with E-state index in [1.165, 1.54) is 6.20 Å². The molecule has 0 saturated heterocycles. The van der Waals surface area contributed by atoms with Crippen molar-refractivity contribution in [2.75, 3.05) is 5.32 Å². The van der Waals surface area contributed by atoms with Gasteiger partial charge in [0.2, 0.25) is 0 Å². The van der Waals surface area contributed by atoms with Gasteiger partial charge in [0.1, 0.15) is 0 Å². The maximum atomic E-state index is 12.0. The van der Waals surface area contributed by atoms with Gasteiger partial charge >= 0.3 is 0 Å². The van der Waals surface area contributed by atoms with Crippen molar-refractivity contribution in [3.8, 4) is 0 Å². The Kier molecular flexibility index (Phi) is 3.96. The van der Waals surface area contributed by atoms with Gasteiger partial charge < -0.3 is 5.32 Å². The monoisotopic (exact) mass is 358 g/mol. The fourth-order valence-electron chi connectivity index (χ4n) is 1.30. The Morgan fingerprint density at radius 2 is 2.06 bits per heavy atom. The summed E-state index contributed by atoms with van der Waals surface area (Å²) in [6.45, 7) is 0. The number of carbonyl (C=O) groups is 1. The Morgan fingerprint density at radius 3 is 2.76 bits per heavy atom. The average molecular weight is 359 g/mol. The number of nitrogens with one attached hydrogen (secondary N) is 1. The number of anilines is 1. The standard InChI is InChI=1S/C12H8ClIN2O/c13-9-5-6-15-7-11(9)16-12(17)8-3-1-2-4-10(8)14/h1-7H,(H,16,17). The van der Waals surface area contributed by atoms with Gasteiger partial charge in [0.25, 0.3) is 5.91 Å². The fourth-order valence-corrected chi connectivity index (χ4v) is 2.09. The van der Waals surface area contributed by atoms with Crippen molar-refractivity contribution >= 4 is 45.8 Å². The molecule has 1 amide bonds. The van der Waals surface area contributed by atoms with Crippen LogP contribution >= 0.6 is 34.2 Å². The van der Waals surface area contributed by atoms with E-state index in [1.807, 2.05) is 18.2 Å². The van der Waals surface area contributed by atoms with Crippen molar-refractivity contribution < 1.29 is 4.79 Å². The van der Waals surface area contributed by atoms with Gasteiger partial charge in [0, 0.05) is 9.77 Å². The van der Waals surface area contributed by atoms with E-state index in [9.17, 15) is 4.79 Å². The van der Waals surface area contributed by atoms with Gasteiger partial charge in [-0.2, -0.15) is 0 Å². The van der Waals surface area contributed by atoms with Crippen LogP contribution in [-0.2, 0) is 0 Å². The van der Waals surface area contributed by atoms with E-state index in [4.69, 9.17) is 11.6 Å². The highest BCUT2D eigenvalue weighted by atomic mass is 127. The van der Waals surface area contributed by atoms with Crippen LogP contribution in [0.15, 0.2) is 42.7 Å². The molecule has 86 valence electrons. The first-order valence-corrected chi connectivity index (χ1v) is 6.29. The van der Waals surface area contributed by atoms with E-state index < -0.39 is 0 Å². The first kappa shape index (κ1) is 12.3. The van der Waals surface area contributed by atoms with Gasteiger partial charge in [0.05, 0.1) is 22.5 Å². The molecule has 0 spiro atoms. The highest BCUT2D eigenvalue weighted by Crippen LogP contribution is 2.21.